The minimum Gasteiger partial charge on any atom is -0.496 e. The van der Waals surface area contributed by atoms with Crippen LogP contribution in [0.1, 0.15) is 34.0 Å². The van der Waals surface area contributed by atoms with Crippen LogP contribution in [0.15, 0.2) is 54.9 Å². The Morgan fingerprint density at radius 2 is 2.07 bits per heavy atom. The fraction of sp³-hybridized carbons (Fsp3) is 0.292. The molecule has 2 aromatic carbocycles. The maximum atomic E-state index is 5.50. The normalized spacial score (nSPS) is 16.9. The Balaban J connectivity index is 1.63. The molecule has 5 nitrogen and oxygen atoms in total. The molecule has 0 spiro atoms. The molecule has 148 valence electrons. The van der Waals surface area contributed by atoms with E-state index in [9.17, 15) is 0 Å². The number of nitrogens with zero attached hydrogens (tertiary/aromatic N) is 3. The molecule has 1 N–H and O–H groups in total. The Hall–Kier alpha value is -3.05. The zero-order valence-electron chi connectivity index (χ0n) is 17.1. The second-order valence-electron chi connectivity index (χ2n) is 7.94. The molecule has 0 aliphatic carbocycles. The molecule has 29 heavy (non-hydrogen) atoms. The maximum absolute atomic E-state index is 5.50. The minimum atomic E-state index is 0.177. The summed E-state index contributed by atoms with van der Waals surface area (Å²) >= 11 is 0. The first-order valence-corrected chi connectivity index (χ1v) is 10.1. The molecule has 0 unspecified atom stereocenters. The van der Waals surface area contributed by atoms with Crippen LogP contribution in [0, 0.1) is 6.92 Å². The number of para-hydroxylation sites is 1. The maximum Gasteiger partial charge on any atom is 0.121 e. The van der Waals surface area contributed by atoms with Crippen molar-refractivity contribution in [1.29, 1.82) is 0 Å². The SMILES string of the molecule is COc1ccc([C@@H]2c3[nH]c4ccccc4c3CCN2Cc2cnn(C)c2)cc1C. The third-order valence-electron chi connectivity index (χ3n) is 6.01. The van der Waals surface area contributed by atoms with Gasteiger partial charge in [0.1, 0.15) is 5.75 Å². The van der Waals surface area contributed by atoms with Crippen LogP contribution in [0.2, 0.25) is 0 Å². The largest absolute Gasteiger partial charge is 0.496 e. The molecule has 0 amide bonds. The Morgan fingerprint density at radius 1 is 1.21 bits per heavy atom. The highest BCUT2D eigenvalue weighted by molar-refractivity contribution is 5.85. The number of ether oxygens (including phenoxy) is 1. The number of H-pyrrole nitrogens is 1. The van der Waals surface area contributed by atoms with Crippen molar-refractivity contribution in [3.63, 3.8) is 0 Å². The lowest BCUT2D eigenvalue weighted by atomic mass is 9.91. The third kappa shape index (κ3) is 3.12. The van der Waals surface area contributed by atoms with Gasteiger partial charge in [-0.2, -0.15) is 5.10 Å². The van der Waals surface area contributed by atoms with Crippen LogP contribution in [0.3, 0.4) is 0 Å². The number of methoxy groups -OCH3 is 1. The number of fused-ring (bicyclic) bond motifs is 3. The molecule has 0 saturated carbocycles. The molecular formula is C24H26N4O. The highest BCUT2D eigenvalue weighted by Crippen LogP contribution is 2.40. The van der Waals surface area contributed by atoms with E-state index in [1.54, 1.807) is 7.11 Å². The molecule has 4 aromatic rings. The third-order valence-corrected chi connectivity index (χ3v) is 6.01. The lowest BCUT2D eigenvalue weighted by Crippen LogP contribution is -2.35. The molecule has 5 rings (SSSR count). The van der Waals surface area contributed by atoms with Crippen molar-refractivity contribution in [3.05, 3.63) is 82.8 Å². The van der Waals surface area contributed by atoms with Gasteiger partial charge >= 0.3 is 0 Å². The van der Waals surface area contributed by atoms with E-state index >= 15 is 0 Å². The van der Waals surface area contributed by atoms with Crippen LogP contribution < -0.4 is 4.74 Å². The molecule has 3 heterocycles. The van der Waals surface area contributed by atoms with Gasteiger partial charge in [-0.25, -0.2) is 0 Å². The molecule has 2 aromatic heterocycles. The topological polar surface area (TPSA) is 46.1 Å². The molecule has 1 aliphatic rings. The van der Waals surface area contributed by atoms with Crippen molar-refractivity contribution in [1.82, 2.24) is 19.7 Å². The summed E-state index contributed by atoms with van der Waals surface area (Å²) in [6.45, 7) is 4.00. The quantitative estimate of drug-likeness (QED) is 0.567. The van der Waals surface area contributed by atoms with Crippen molar-refractivity contribution >= 4 is 10.9 Å². The Kier molecular flexibility index (Phi) is 4.40. The number of nitrogens with one attached hydrogen (secondary N) is 1. The summed E-state index contributed by atoms with van der Waals surface area (Å²) in [6, 6.07) is 15.4. The predicted octanol–water partition coefficient (Wildman–Crippen LogP) is 4.37. The second kappa shape index (κ2) is 7.08. The molecule has 0 saturated heterocycles. The van der Waals surface area contributed by atoms with Crippen LogP contribution in [-0.4, -0.2) is 33.3 Å². The summed E-state index contributed by atoms with van der Waals surface area (Å²) in [5.41, 5.74) is 7.67. The average molecular weight is 386 g/mol. The fourth-order valence-corrected chi connectivity index (χ4v) is 4.70. The van der Waals surface area contributed by atoms with E-state index < -0.39 is 0 Å². The van der Waals surface area contributed by atoms with Crippen LogP contribution in [0.4, 0.5) is 0 Å². The molecule has 0 bridgehead atoms. The van der Waals surface area contributed by atoms with Gasteiger partial charge in [0.25, 0.3) is 0 Å². The number of rotatable bonds is 4. The number of aryl methyl sites for hydroxylation is 2. The van der Waals surface area contributed by atoms with E-state index in [4.69, 9.17) is 4.74 Å². The smallest absolute Gasteiger partial charge is 0.121 e. The standard InChI is InChI=1S/C24H26N4O/c1-16-12-18(8-9-22(16)29-3)24-23-20(19-6-4-5-7-21(19)26-23)10-11-28(24)15-17-13-25-27(2)14-17/h4-9,12-14,24,26H,10-11,15H2,1-3H3/t24-/m1/s1. The van der Waals surface area contributed by atoms with E-state index in [-0.39, 0.29) is 6.04 Å². The monoisotopic (exact) mass is 386 g/mol. The Morgan fingerprint density at radius 3 is 2.83 bits per heavy atom. The average Bonchev–Trinajstić information content (AvgIpc) is 3.30. The van der Waals surface area contributed by atoms with Crippen molar-refractivity contribution in [3.8, 4) is 5.75 Å². The van der Waals surface area contributed by atoms with Crippen molar-refractivity contribution in [2.75, 3.05) is 13.7 Å². The Labute approximate surface area is 170 Å². The van der Waals surface area contributed by atoms with Gasteiger partial charge in [0.15, 0.2) is 0 Å². The molecule has 0 fully saturated rings. The first-order valence-electron chi connectivity index (χ1n) is 10.1. The number of hydrogen-bond donors (Lipinski definition) is 1. The minimum absolute atomic E-state index is 0.177. The first kappa shape index (κ1) is 18.0. The van der Waals surface area contributed by atoms with Crippen LogP contribution in [-0.2, 0) is 20.0 Å². The molecule has 0 radical (unpaired) electrons. The molecule has 1 aliphatic heterocycles. The van der Waals surface area contributed by atoms with Gasteiger partial charge in [0, 0.05) is 48.5 Å². The van der Waals surface area contributed by atoms with Crippen LogP contribution in [0.5, 0.6) is 5.75 Å². The van der Waals surface area contributed by atoms with Crippen molar-refractivity contribution < 1.29 is 4.74 Å². The van der Waals surface area contributed by atoms with Gasteiger partial charge in [0.05, 0.1) is 19.3 Å². The summed E-state index contributed by atoms with van der Waals surface area (Å²) < 4.78 is 7.37. The zero-order valence-corrected chi connectivity index (χ0v) is 17.1. The van der Waals surface area contributed by atoms with Crippen LogP contribution >= 0.6 is 0 Å². The van der Waals surface area contributed by atoms with Gasteiger partial charge in [-0.1, -0.05) is 30.3 Å². The van der Waals surface area contributed by atoms with Gasteiger partial charge in [-0.15, -0.1) is 0 Å². The lowest BCUT2D eigenvalue weighted by molar-refractivity contribution is 0.202. The number of aromatic amines is 1. The van der Waals surface area contributed by atoms with Gasteiger partial charge < -0.3 is 9.72 Å². The Bertz CT molecular complexity index is 1170. The number of aromatic nitrogens is 3. The summed E-state index contributed by atoms with van der Waals surface area (Å²) in [5, 5.41) is 5.71. The first-order chi connectivity index (χ1) is 14.1. The highest BCUT2D eigenvalue weighted by Gasteiger charge is 2.32. The van der Waals surface area contributed by atoms with E-state index in [2.05, 4.69) is 70.6 Å². The highest BCUT2D eigenvalue weighted by atomic mass is 16.5. The fourth-order valence-electron chi connectivity index (χ4n) is 4.70. The van der Waals surface area contributed by atoms with Crippen molar-refractivity contribution in [2.24, 2.45) is 7.05 Å². The van der Waals surface area contributed by atoms with Gasteiger partial charge in [-0.05, 0) is 42.2 Å². The van der Waals surface area contributed by atoms with E-state index in [0.717, 1.165) is 30.8 Å². The van der Waals surface area contributed by atoms with Gasteiger partial charge in [-0.3, -0.25) is 9.58 Å². The molecule has 5 heteroatoms. The van der Waals surface area contributed by atoms with E-state index in [0.29, 0.717) is 0 Å². The summed E-state index contributed by atoms with van der Waals surface area (Å²) in [7, 11) is 3.70. The van der Waals surface area contributed by atoms with Gasteiger partial charge in [0.2, 0.25) is 0 Å². The molecule has 1 atom stereocenters. The van der Waals surface area contributed by atoms with Crippen LogP contribution in [0.25, 0.3) is 10.9 Å². The van der Waals surface area contributed by atoms with Crippen molar-refractivity contribution in [2.45, 2.75) is 25.9 Å². The lowest BCUT2D eigenvalue weighted by Gasteiger charge is -2.36. The summed E-state index contributed by atoms with van der Waals surface area (Å²) in [5.74, 6) is 0.931. The summed E-state index contributed by atoms with van der Waals surface area (Å²) in [4.78, 5) is 6.29. The number of hydrogen-bond acceptors (Lipinski definition) is 3. The van der Waals surface area contributed by atoms with E-state index in [1.807, 2.05) is 17.9 Å². The second-order valence-corrected chi connectivity index (χ2v) is 7.94. The summed E-state index contributed by atoms with van der Waals surface area (Å²) in [6.07, 6.45) is 5.12. The predicted molar refractivity (Wildman–Crippen MR) is 115 cm³/mol. The molecular weight excluding hydrogens is 360 g/mol. The zero-order chi connectivity index (χ0) is 20.0. The van der Waals surface area contributed by atoms with E-state index in [1.165, 1.54) is 33.3 Å². The number of benzene rings is 2.